The van der Waals surface area contributed by atoms with Crippen LogP contribution in [0.1, 0.15) is 26.7 Å². The Balaban J connectivity index is 3.36. The third-order valence-electron chi connectivity index (χ3n) is 0.873. The molecule has 0 bridgehead atoms. The van der Waals surface area contributed by atoms with Crippen LogP contribution in [0.5, 0.6) is 0 Å². The first kappa shape index (κ1) is 9.25. The fourth-order valence-corrected chi connectivity index (χ4v) is 0.896. The van der Waals surface area contributed by atoms with Crippen LogP contribution in [-0.2, 0) is 0 Å². The number of unbranched alkanes of at least 4 members (excludes halogenated alkanes) is 1. The van der Waals surface area contributed by atoms with Gasteiger partial charge >= 0.3 is 0 Å². The van der Waals surface area contributed by atoms with Crippen molar-refractivity contribution >= 4 is 22.6 Å². The predicted molar refractivity (Wildman–Crippen MR) is 51.1 cm³/mol. The molecule has 0 saturated carbocycles. The van der Waals surface area contributed by atoms with Gasteiger partial charge in [-0.15, -0.1) is 5.73 Å². The minimum Gasteiger partial charge on any atom is -0.127 e. The molecule has 0 radical (unpaired) electrons. The molecule has 9 heavy (non-hydrogen) atoms. The topological polar surface area (TPSA) is 0 Å². The Labute approximate surface area is 71.2 Å². The molecule has 0 atom stereocenters. The van der Waals surface area contributed by atoms with E-state index in [-0.39, 0.29) is 0 Å². The van der Waals surface area contributed by atoms with Crippen molar-refractivity contribution in [3.05, 3.63) is 17.4 Å². The van der Waals surface area contributed by atoms with E-state index in [9.17, 15) is 0 Å². The van der Waals surface area contributed by atoms with Crippen molar-refractivity contribution in [1.29, 1.82) is 0 Å². The molecule has 0 aromatic rings. The second-order valence-electron chi connectivity index (χ2n) is 2.18. The maximum atomic E-state index is 3.17. The second-order valence-corrected chi connectivity index (χ2v) is 3.26. The quantitative estimate of drug-likeness (QED) is 0.305. The first-order chi connectivity index (χ1) is 4.27. The van der Waals surface area contributed by atoms with Crippen molar-refractivity contribution in [2.45, 2.75) is 26.7 Å². The predicted octanol–water partition coefficient (Wildman–Crippen LogP) is 3.32. The van der Waals surface area contributed by atoms with Crippen molar-refractivity contribution in [2.24, 2.45) is 0 Å². The highest BCUT2D eigenvalue weighted by Crippen LogP contribution is 1.95. The highest BCUT2D eigenvalue weighted by molar-refractivity contribution is 14.1. The van der Waals surface area contributed by atoms with Gasteiger partial charge in [0.05, 0.1) is 0 Å². The van der Waals surface area contributed by atoms with E-state index in [4.69, 9.17) is 0 Å². The molecule has 0 unspecified atom stereocenters. The molecule has 0 amide bonds. The molecule has 0 aliphatic carbocycles. The van der Waals surface area contributed by atoms with Gasteiger partial charge in [0.1, 0.15) is 0 Å². The number of alkyl halides is 1. The summed E-state index contributed by atoms with van der Waals surface area (Å²) < 4.78 is 1.25. The normalized spacial score (nSPS) is 8.33. The lowest BCUT2D eigenvalue weighted by atomic mass is 10.3. The fraction of sp³-hybridized carbons (Fsp3) is 0.625. The van der Waals surface area contributed by atoms with E-state index >= 15 is 0 Å². The van der Waals surface area contributed by atoms with Gasteiger partial charge < -0.3 is 0 Å². The summed E-state index contributed by atoms with van der Waals surface area (Å²) in [5, 5.41) is 0. The average molecular weight is 236 g/mol. The highest BCUT2D eigenvalue weighted by Gasteiger charge is 1.76. The van der Waals surface area contributed by atoms with E-state index in [2.05, 4.69) is 48.2 Å². The summed E-state index contributed by atoms with van der Waals surface area (Å²) >= 11 is 2.39. The van der Waals surface area contributed by atoms with E-state index < -0.39 is 0 Å². The van der Waals surface area contributed by atoms with Gasteiger partial charge in [0.2, 0.25) is 0 Å². The molecule has 0 N–H and O–H groups in total. The van der Waals surface area contributed by atoms with E-state index in [1.54, 1.807) is 0 Å². The van der Waals surface area contributed by atoms with Crippen molar-refractivity contribution in [3.8, 4) is 0 Å². The zero-order valence-corrected chi connectivity index (χ0v) is 8.23. The van der Waals surface area contributed by atoms with Crippen molar-refractivity contribution in [3.63, 3.8) is 0 Å². The van der Waals surface area contributed by atoms with Crippen LogP contribution in [0.2, 0.25) is 0 Å². The van der Waals surface area contributed by atoms with Gasteiger partial charge in [-0.1, -0.05) is 22.6 Å². The van der Waals surface area contributed by atoms with Crippen LogP contribution in [0.25, 0.3) is 0 Å². The molecule has 0 nitrogen and oxygen atoms in total. The number of halogens is 1. The summed E-state index contributed by atoms with van der Waals surface area (Å²) in [5.74, 6) is 0. The minimum atomic E-state index is 1.17. The second kappa shape index (κ2) is 6.37. The van der Waals surface area contributed by atoms with Gasteiger partial charge in [0, 0.05) is 0 Å². The summed E-state index contributed by atoms with van der Waals surface area (Å²) in [5.41, 5.74) is 4.44. The van der Waals surface area contributed by atoms with Gasteiger partial charge in [0.25, 0.3) is 0 Å². The molecular formula is C8H13I. The van der Waals surface area contributed by atoms with E-state index in [0.717, 1.165) is 0 Å². The Hall–Kier alpha value is 0.250. The van der Waals surface area contributed by atoms with Crippen LogP contribution in [-0.4, -0.2) is 4.43 Å². The van der Waals surface area contributed by atoms with Gasteiger partial charge in [-0.05, 0) is 42.8 Å². The number of allylic oxidation sites excluding steroid dienone is 1. The molecule has 0 spiro atoms. The molecule has 0 heterocycles. The first-order valence-electron chi connectivity index (χ1n) is 3.21. The summed E-state index contributed by atoms with van der Waals surface area (Å²) in [6.45, 7) is 4.14. The Kier molecular flexibility index (Phi) is 6.55. The smallest absolute Gasteiger partial charge is 0.000156 e. The Morgan fingerprint density at radius 1 is 1.56 bits per heavy atom. The third kappa shape index (κ3) is 8.25. The molecule has 0 fully saturated rings. The van der Waals surface area contributed by atoms with Gasteiger partial charge in [-0.2, -0.15) is 0 Å². The maximum absolute atomic E-state index is 3.17. The van der Waals surface area contributed by atoms with Crippen molar-refractivity contribution in [1.82, 2.24) is 0 Å². The monoisotopic (exact) mass is 236 g/mol. The summed E-state index contributed by atoms with van der Waals surface area (Å²) in [4.78, 5) is 0. The van der Waals surface area contributed by atoms with E-state index in [1.807, 2.05) is 0 Å². The standard InChI is InChI=1S/C8H13I/c1-8(2)6-4-3-5-7-9/h4H,3,5,7H2,1-2H3. The molecule has 0 rings (SSSR count). The average Bonchev–Trinajstić information content (AvgIpc) is 1.80. The minimum absolute atomic E-state index is 1.17. The van der Waals surface area contributed by atoms with Crippen LogP contribution >= 0.6 is 22.6 Å². The van der Waals surface area contributed by atoms with Crippen LogP contribution in [0.15, 0.2) is 17.4 Å². The summed E-state index contributed by atoms with van der Waals surface area (Å²) in [6, 6.07) is 0. The largest absolute Gasteiger partial charge is 0.127 e. The molecule has 1 heteroatoms. The van der Waals surface area contributed by atoms with Crippen LogP contribution in [0.4, 0.5) is 0 Å². The number of hydrogen-bond donors (Lipinski definition) is 0. The van der Waals surface area contributed by atoms with E-state index in [1.165, 1.54) is 22.8 Å². The number of rotatable bonds is 3. The van der Waals surface area contributed by atoms with Crippen LogP contribution in [0.3, 0.4) is 0 Å². The lowest BCUT2D eigenvalue weighted by molar-refractivity contribution is 0.987. The lowest BCUT2D eigenvalue weighted by Gasteiger charge is -1.83. The maximum Gasteiger partial charge on any atom is -0.000156 e. The van der Waals surface area contributed by atoms with Crippen molar-refractivity contribution < 1.29 is 0 Å². The summed E-state index contributed by atoms with van der Waals surface area (Å²) in [7, 11) is 0. The molecule has 0 saturated heterocycles. The molecule has 0 aliphatic heterocycles. The van der Waals surface area contributed by atoms with Crippen LogP contribution < -0.4 is 0 Å². The zero-order valence-electron chi connectivity index (χ0n) is 6.08. The Morgan fingerprint density at radius 3 is 2.67 bits per heavy atom. The van der Waals surface area contributed by atoms with Gasteiger partial charge in [0.15, 0.2) is 0 Å². The molecule has 0 aliphatic rings. The summed E-state index contributed by atoms with van der Waals surface area (Å²) in [6.07, 6.45) is 4.57. The first-order valence-corrected chi connectivity index (χ1v) is 4.74. The molecule has 0 aromatic heterocycles. The Morgan fingerprint density at radius 2 is 2.22 bits per heavy atom. The molecular weight excluding hydrogens is 223 g/mol. The fourth-order valence-electron chi connectivity index (χ4n) is 0.456. The third-order valence-corrected chi connectivity index (χ3v) is 1.64. The Bertz CT molecular complexity index is 115. The molecule has 0 aromatic carbocycles. The van der Waals surface area contributed by atoms with Gasteiger partial charge in [-0.25, -0.2) is 0 Å². The van der Waals surface area contributed by atoms with Crippen molar-refractivity contribution in [2.75, 3.05) is 4.43 Å². The number of hydrogen-bond acceptors (Lipinski definition) is 0. The van der Waals surface area contributed by atoms with Crippen LogP contribution in [0, 0.1) is 0 Å². The van der Waals surface area contributed by atoms with E-state index in [0.29, 0.717) is 0 Å². The zero-order chi connectivity index (χ0) is 7.11. The molecule has 52 valence electrons. The SMILES string of the molecule is CC(C)=C=CCCCI. The lowest BCUT2D eigenvalue weighted by Crippen LogP contribution is -1.68. The van der Waals surface area contributed by atoms with Gasteiger partial charge in [-0.3, -0.25) is 0 Å². The highest BCUT2D eigenvalue weighted by atomic mass is 127.